The molecule has 6 heteroatoms. The maximum absolute atomic E-state index is 12.2. The van der Waals surface area contributed by atoms with Crippen LogP contribution >= 0.6 is 0 Å². The van der Waals surface area contributed by atoms with Crippen LogP contribution in [-0.2, 0) is 10.2 Å². The molecule has 0 unspecified atom stereocenters. The number of carbonyl (C=O) groups is 1. The smallest absolute Gasteiger partial charge is 0.410 e. The largest absolute Gasteiger partial charge is 0.508 e. The first kappa shape index (κ1) is 20.5. The lowest BCUT2D eigenvalue weighted by Crippen LogP contribution is -2.54. The molecule has 0 bridgehead atoms. The van der Waals surface area contributed by atoms with Gasteiger partial charge in [0.05, 0.1) is 11.5 Å². The van der Waals surface area contributed by atoms with Gasteiger partial charge in [-0.25, -0.2) is 4.79 Å². The lowest BCUT2D eigenvalue weighted by molar-refractivity contribution is 0.00722. The summed E-state index contributed by atoms with van der Waals surface area (Å²) in [4.78, 5) is 16.5. The number of carbonyl (C=O) groups excluding carboxylic acids is 1. The van der Waals surface area contributed by atoms with Gasteiger partial charge in [0.15, 0.2) is 0 Å². The van der Waals surface area contributed by atoms with Gasteiger partial charge in [0, 0.05) is 32.2 Å². The third-order valence-corrected chi connectivity index (χ3v) is 5.90. The van der Waals surface area contributed by atoms with E-state index in [1.54, 1.807) is 17.0 Å². The van der Waals surface area contributed by atoms with Gasteiger partial charge in [0.2, 0.25) is 0 Å². The molecule has 1 aliphatic carbocycles. The van der Waals surface area contributed by atoms with Gasteiger partial charge in [0.1, 0.15) is 11.4 Å². The van der Waals surface area contributed by atoms with Crippen LogP contribution in [0.1, 0.15) is 52.0 Å². The third-order valence-electron chi connectivity index (χ3n) is 5.90. The fourth-order valence-corrected chi connectivity index (χ4v) is 4.33. The summed E-state index contributed by atoms with van der Waals surface area (Å²) in [6, 6.07) is 10.1. The molecule has 1 aliphatic heterocycles. The molecule has 0 aromatic heterocycles. The van der Waals surface area contributed by atoms with Crippen molar-refractivity contribution in [2.75, 3.05) is 26.2 Å². The Hall–Kier alpha value is -2.26. The molecule has 2 aliphatic rings. The van der Waals surface area contributed by atoms with Crippen LogP contribution in [0, 0.1) is 11.3 Å². The van der Waals surface area contributed by atoms with Crippen LogP contribution in [0.3, 0.4) is 0 Å². The molecular formula is C22H31N3O3. The summed E-state index contributed by atoms with van der Waals surface area (Å²) < 4.78 is 5.47. The zero-order valence-electron chi connectivity index (χ0n) is 17.1. The minimum atomic E-state index is -0.506. The second-order valence-corrected chi connectivity index (χ2v) is 8.98. The Morgan fingerprint density at radius 2 is 1.86 bits per heavy atom. The summed E-state index contributed by atoms with van der Waals surface area (Å²) in [7, 11) is 0. The van der Waals surface area contributed by atoms with E-state index < -0.39 is 11.0 Å². The fourth-order valence-electron chi connectivity index (χ4n) is 4.33. The van der Waals surface area contributed by atoms with Crippen molar-refractivity contribution in [2.45, 2.75) is 63.5 Å². The van der Waals surface area contributed by atoms with Crippen LogP contribution in [-0.4, -0.2) is 58.8 Å². The molecule has 0 spiro atoms. The van der Waals surface area contributed by atoms with Crippen molar-refractivity contribution in [1.82, 2.24) is 9.80 Å². The Morgan fingerprint density at radius 1 is 1.21 bits per heavy atom. The Kier molecular flexibility index (Phi) is 5.85. The molecule has 2 fully saturated rings. The Labute approximate surface area is 167 Å². The topological polar surface area (TPSA) is 76.8 Å². The molecule has 1 aromatic rings. The summed E-state index contributed by atoms with van der Waals surface area (Å²) in [5.74, 6) is 0.215. The summed E-state index contributed by atoms with van der Waals surface area (Å²) in [5.41, 5.74) is -0.0549. The van der Waals surface area contributed by atoms with Gasteiger partial charge in [0.25, 0.3) is 0 Å². The minimum absolute atomic E-state index is 0.215. The van der Waals surface area contributed by atoms with Crippen molar-refractivity contribution in [3.8, 4) is 11.8 Å². The molecule has 1 N–H and O–H groups in total. The van der Waals surface area contributed by atoms with E-state index in [1.165, 1.54) is 0 Å². The first-order chi connectivity index (χ1) is 13.2. The van der Waals surface area contributed by atoms with Crippen LogP contribution in [0.2, 0.25) is 0 Å². The third kappa shape index (κ3) is 4.59. The number of hydrogen-bond donors (Lipinski definition) is 1. The lowest BCUT2D eigenvalue weighted by atomic mass is 9.69. The molecule has 28 heavy (non-hydrogen) atoms. The number of phenolic OH excluding ortho intramolecular Hbond substituents is 1. The second-order valence-electron chi connectivity index (χ2n) is 8.98. The van der Waals surface area contributed by atoms with Gasteiger partial charge in [-0.3, -0.25) is 4.90 Å². The first-order valence-electron chi connectivity index (χ1n) is 10.2. The van der Waals surface area contributed by atoms with E-state index in [9.17, 15) is 15.2 Å². The van der Waals surface area contributed by atoms with E-state index in [0.717, 1.165) is 44.3 Å². The van der Waals surface area contributed by atoms with Gasteiger partial charge in [-0.15, -0.1) is 0 Å². The fraction of sp³-hybridized carbons (Fsp3) is 0.636. The Balaban J connectivity index is 1.55. The van der Waals surface area contributed by atoms with Crippen molar-refractivity contribution in [3.63, 3.8) is 0 Å². The first-order valence-corrected chi connectivity index (χ1v) is 10.2. The molecule has 1 amide bonds. The van der Waals surface area contributed by atoms with E-state index in [4.69, 9.17) is 4.74 Å². The zero-order valence-corrected chi connectivity index (χ0v) is 17.1. The highest BCUT2D eigenvalue weighted by molar-refractivity contribution is 5.68. The number of amides is 1. The van der Waals surface area contributed by atoms with Gasteiger partial charge in [-0.05, 0) is 64.2 Å². The van der Waals surface area contributed by atoms with Crippen molar-refractivity contribution in [2.24, 2.45) is 0 Å². The molecule has 6 nitrogen and oxygen atoms in total. The van der Waals surface area contributed by atoms with E-state index in [2.05, 4.69) is 11.0 Å². The van der Waals surface area contributed by atoms with Crippen LogP contribution in [0.15, 0.2) is 24.3 Å². The summed E-state index contributed by atoms with van der Waals surface area (Å²) >= 11 is 0. The molecule has 3 rings (SSSR count). The number of phenols is 1. The highest BCUT2D eigenvalue weighted by Crippen LogP contribution is 2.41. The molecule has 152 valence electrons. The van der Waals surface area contributed by atoms with Gasteiger partial charge < -0.3 is 14.7 Å². The van der Waals surface area contributed by atoms with Crippen LogP contribution in [0.25, 0.3) is 0 Å². The number of piperazine rings is 1. The number of rotatable bonds is 2. The number of aromatic hydroxyl groups is 1. The number of ether oxygens (including phenoxy) is 1. The predicted octanol–water partition coefficient (Wildman–Crippen LogP) is 3.65. The Morgan fingerprint density at radius 3 is 2.39 bits per heavy atom. The Bertz CT molecular complexity index is 734. The van der Waals surface area contributed by atoms with E-state index in [-0.39, 0.29) is 11.8 Å². The monoisotopic (exact) mass is 385 g/mol. The molecule has 1 saturated carbocycles. The average molecular weight is 386 g/mol. The zero-order chi connectivity index (χ0) is 20.4. The summed E-state index contributed by atoms with van der Waals surface area (Å²) in [5, 5.41) is 19.7. The average Bonchev–Trinajstić information content (AvgIpc) is 2.67. The minimum Gasteiger partial charge on any atom is -0.508 e. The number of nitrogens with zero attached hydrogens (tertiary/aromatic N) is 3. The summed E-state index contributed by atoms with van der Waals surface area (Å²) in [6.45, 7) is 8.71. The van der Waals surface area contributed by atoms with E-state index in [0.29, 0.717) is 19.1 Å². The highest BCUT2D eigenvalue weighted by atomic mass is 16.6. The van der Waals surface area contributed by atoms with Crippen LogP contribution in [0.4, 0.5) is 4.79 Å². The molecule has 1 saturated heterocycles. The number of benzene rings is 1. The standard InChI is InChI=1S/C22H31N3O3/c1-21(2,3)28-20(27)25-13-11-24(12-14-25)18-7-9-22(16-23,10-8-18)17-5-4-6-19(26)15-17/h4-6,15,18,26H,7-14H2,1-3H3/t18-,22-. The maximum Gasteiger partial charge on any atom is 0.410 e. The van der Waals surface area contributed by atoms with Gasteiger partial charge in [-0.1, -0.05) is 12.1 Å². The normalized spacial score (nSPS) is 26.5. The quantitative estimate of drug-likeness (QED) is 0.841. The predicted molar refractivity (Wildman–Crippen MR) is 107 cm³/mol. The SMILES string of the molecule is CC(C)(C)OC(=O)N1CCN([C@H]2CC[C@](C#N)(c3cccc(O)c3)CC2)CC1. The number of nitriles is 1. The van der Waals surface area contributed by atoms with E-state index >= 15 is 0 Å². The second kappa shape index (κ2) is 8.00. The molecule has 1 heterocycles. The van der Waals surface area contributed by atoms with Crippen molar-refractivity contribution in [1.29, 1.82) is 5.26 Å². The molecule has 0 atom stereocenters. The maximum atomic E-state index is 12.2. The van der Waals surface area contributed by atoms with Crippen molar-refractivity contribution in [3.05, 3.63) is 29.8 Å². The van der Waals surface area contributed by atoms with Gasteiger partial charge >= 0.3 is 6.09 Å². The van der Waals surface area contributed by atoms with Crippen molar-refractivity contribution >= 4 is 6.09 Å². The molecular weight excluding hydrogens is 354 g/mol. The molecule has 1 aromatic carbocycles. The number of hydrogen-bond acceptors (Lipinski definition) is 5. The highest BCUT2D eigenvalue weighted by Gasteiger charge is 2.39. The lowest BCUT2D eigenvalue weighted by Gasteiger charge is -2.44. The van der Waals surface area contributed by atoms with Gasteiger partial charge in [-0.2, -0.15) is 5.26 Å². The van der Waals surface area contributed by atoms with E-state index in [1.807, 2.05) is 32.9 Å². The van der Waals surface area contributed by atoms with Crippen molar-refractivity contribution < 1.29 is 14.6 Å². The molecule has 0 radical (unpaired) electrons. The van der Waals surface area contributed by atoms with Crippen LogP contribution in [0.5, 0.6) is 5.75 Å². The van der Waals surface area contributed by atoms with Crippen LogP contribution < -0.4 is 0 Å². The summed E-state index contributed by atoms with van der Waals surface area (Å²) in [6.07, 6.45) is 3.27.